The fourth-order valence-corrected chi connectivity index (χ4v) is 1.56. The van der Waals surface area contributed by atoms with Crippen LogP contribution >= 0.6 is 11.6 Å². The summed E-state index contributed by atoms with van der Waals surface area (Å²) in [7, 11) is 0. The highest BCUT2D eigenvalue weighted by Gasteiger charge is 2.14. The van der Waals surface area contributed by atoms with Crippen LogP contribution in [0.3, 0.4) is 0 Å². The van der Waals surface area contributed by atoms with Crippen LogP contribution < -0.4 is 5.32 Å². The molecule has 1 heterocycles. The summed E-state index contributed by atoms with van der Waals surface area (Å²) in [5, 5.41) is 12.2. The lowest BCUT2D eigenvalue weighted by molar-refractivity contribution is 1.14. The van der Waals surface area contributed by atoms with Crippen LogP contribution in [0, 0.1) is 11.3 Å². The quantitative estimate of drug-likeness (QED) is 0.639. The molecule has 0 spiro atoms. The van der Waals surface area contributed by atoms with E-state index in [4.69, 9.17) is 16.9 Å². The third-order valence-corrected chi connectivity index (χ3v) is 2.35. The molecular formula is C10H7ClN2. The third kappa shape index (κ3) is 1.39. The maximum absolute atomic E-state index is 8.75. The highest BCUT2D eigenvalue weighted by molar-refractivity contribution is 6.31. The minimum Gasteiger partial charge on any atom is -0.345 e. The lowest BCUT2D eigenvalue weighted by Gasteiger charge is -2.17. The largest absolute Gasteiger partial charge is 0.345 e. The van der Waals surface area contributed by atoms with Crippen LogP contribution in [0.1, 0.15) is 5.56 Å². The van der Waals surface area contributed by atoms with Crippen LogP contribution in [0.4, 0.5) is 5.69 Å². The molecule has 0 bridgehead atoms. The van der Waals surface area contributed by atoms with Gasteiger partial charge < -0.3 is 5.32 Å². The zero-order valence-electron chi connectivity index (χ0n) is 6.84. The van der Waals surface area contributed by atoms with Gasteiger partial charge >= 0.3 is 0 Å². The number of hydrogen-bond acceptors (Lipinski definition) is 2. The van der Waals surface area contributed by atoms with E-state index in [-0.39, 0.29) is 0 Å². The van der Waals surface area contributed by atoms with Gasteiger partial charge in [-0.25, -0.2) is 0 Å². The number of nitrogens with zero attached hydrogens (tertiary/aromatic N) is 1. The minimum absolute atomic E-state index is 0.446. The molecule has 1 aliphatic rings. The average Bonchev–Trinajstić information content (AvgIpc) is 2.17. The molecule has 1 aromatic rings. The second kappa shape index (κ2) is 3.12. The molecule has 64 valence electrons. The van der Waals surface area contributed by atoms with Gasteiger partial charge in [-0.2, -0.15) is 5.26 Å². The second-order valence-corrected chi connectivity index (χ2v) is 3.24. The van der Waals surface area contributed by atoms with E-state index in [9.17, 15) is 0 Å². The molecule has 0 saturated heterocycles. The van der Waals surface area contributed by atoms with Crippen molar-refractivity contribution in [2.75, 3.05) is 5.32 Å². The number of nitriles is 1. The molecule has 2 nitrogen and oxygen atoms in total. The zero-order chi connectivity index (χ0) is 9.26. The topological polar surface area (TPSA) is 35.8 Å². The van der Waals surface area contributed by atoms with Gasteiger partial charge in [0.2, 0.25) is 0 Å². The van der Waals surface area contributed by atoms with Crippen LogP contribution in [0.15, 0.2) is 35.0 Å². The Hall–Kier alpha value is -1.46. The summed E-state index contributed by atoms with van der Waals surface area (Å²) in [6.45, 7) is 0. The Balaban J connectivity index is 2.44. The fraction of sp³-hybridized carbons (Fsp3) is 0.100. The van der Waals surface area contributed by atoms with Crippen molar-refractivity contribution in [3.8, 4) is 6.07 Å². The number of benzene rings is 1. The Bertz CT molecular complexity index is 415. The van der Waals surface area contributed by atoms with E-state index in [1.54, 1.807) is 0 Å². The molecule has 3 heteroatoms. The van der Waals surface area contributed by atoms with Crippen molar-refractivity contribution >= 4 is 17.3 Å². The molecule has 0 aliphatic carbocycles. The second-order valence-electron chi connectivity index (χ2n) is 2.86. The number of halogens is 1. The van der Waals surface area contributed by atoms with Crippen LogP contribution in [0.2, 0.25) is 0 Å². The van der Waals surface area contributed by atoms with Gasteiger partial charge in [0.1, 0.15) is 5.16 Å². The summed E-state index contributed by atoms with van der Waals surface area (Å²) in [5.41, 5.74) is 2.70. The van der Waals surface area contributed by atoms with Crippen molar-refractivity contribution in [3.05, 3.63) is 40.6 Å². The van der Waals surface area contributed by atoms with E-state index >= 15 is 0 Å². The van der Waals surface area contributed by atoms with E-state index in [0.717, 1.165) is 11.3 Å². The first-order valence-corrected chi connectivity index (χ1v) is 4.33. The highest BCUT2D eigenvalue weighted by atomic mass is 35.5. The Kier molecular flexibility index (Phi) is 1.96. The Morgan fingerprint density at radius 3 is 2.92 bits per heavy atom. The van der Waals surface area contributed by atoms with Gasteiger partial charge in [-0.05, 0) is 11.6 Å². The monoisotopic (exact) mass is 190 g/mol. The number of nitrogens with one attached hydrogen (secondary N) is 1. The minimum atomic E-state index is 0.446. The predicted molar refractivity (Wildman–Crippen MR) is 52.3 cm³/mol. The summed E-state index contributed by atoms with van der Waals surface area (Å²) in [6.07, 6.45) is 0.624. The number of rotatable bonds is 0. The fourth-order valence-electron chi connectivity index (χ4n) is 1.35. The number of anilines is 1. The van der Waals surface area contributed by atoms with Crippen LogP contribution in [0.5, 0.6) is 0 Å². The SMILES string of the molecule is N#CC1=C(Cl)Nc2ccccc2C1. The first-order chi connectivity index (χ1) is 6.31. The standard InChI is InChI=1S/C10H7ClN2/c11-10-8(6-12)5-7-3-1-2-4-9(7)13-10/h1-4,13H,5H2. The van der Waals surface area contributed by atoms with Gasteiger partial charge in [0, 0.05) is 12.1 Å². The summed E-state index contributed by atoms with van der Waals surface area (Å²) in [6, 6.07) is 9.91. The van der Waals surface area contributed by atoms with Crippen molar-refractivity contribution in [2.45, 2.75) is 6.42 Å². The molecule has 1 aromatic carbocycles. The van der Waals surface area contributed by atoms with Gasteiger partial charge in [-0.15, -0.1) is 0 Å². The van der Waals surface area contributed by atoms with Crippen molar-refractivity contribution in [2.24, 2.45) is 0 Å². The average molecular weight is 191 g/mol. The summed E-state index contributed by atoms with van der Waals surface area (Å²) in [5.74, 6) is 0. The normalized spacial score (nSPS) is 14.5. The van der Waals surface area contributed by atoms with E-state index in [1.165, 1.54) is 0 Å². The lowest BCUT2D eigenvalue weighted by atomic mass is 10.0. The lowest BCUT2D eigenvalue weighted by Crippen LogP contribution is -2.08. The maximum atomic E-state index is 8.75. The van der Waals surface area contributed by atoms with Crippen LogP contribution in [0.25, 0.3) is 0 Å². The third-order valence-electron chi connectivity index (χ3n) is 2.03. The van der Waals surface area contributed by atoms with Crippen LogP contribution in [-0.2, 0) is 6.42 Å². The molecule has 0 aromatic heterocycles. The first-order valence-electron chi connectivity index (χ1n) is 3.95. The van der Waals surface area contributed by atoms with E-state index < -0.39 is 0 Å². The molecule has 0 amide bonds. The zero-order valence-corrected chi connectivity index (χ0v) is 7.60. The molecule has 0 atom stereocenters. The molecule has 1 aliphatic heterocycles. The van der Waals surface area contributed by atoms with Gasteiger partial charge in [0.25, 0.3) is 0 Å². The van der Waals surface area contributed by atoms with Gasteiger partial charge in [0.15, 0.2) is 0 Å². The summed E-state index contributed by atoms with van der Waals surface area (Å²) < 4.78 is 0. The molecule has 0 unspecified atom stereocenters. The number of allylic oxidation sites excluding steroid dienone is 1. The Morgan fingerprint density at radius 2 is 2.15 bits per heavy atom. The van der Waals surface area contributed by atoms with Crippen molar-refractivity contribution < 1.29 is 0 Å². The van der Waals surface area contributed by atoms with E-state index in [0.29, 0.717) is 17.2 Å². The molecular weight excluding hydrogens is 184 g/mol. The van der Waals surface area contributed by atoms with E-state index in [1.807, 2.05) is 24.3 Å². The van der Waals surface area contributed by atoms with E-state index in [2.05, 4.69) is 11.4 Å². The van der Waals surface area contributed by atoms with Gasteiger partial charge in [-0.1, -0.05) is 29.8 Å². The molecule has 13 heavy (non-hydrogen) atoms. The van der Waals surface area contributed by atoms with Crippen molar-refractivity contribution in [1.82, 2.24) is 0 Å². The predicted octanol–water partition coefficient (Wildman–Crippen LogP) is 2.63. The van der Waals surface area contributed by atoms with Gasteiger partial charge in [-0.3, -0.25) is 0 Å². The number of para-hydroxylation sites is 1. The molecule has 0 fully saturated rings. The molecule has 1 N–H and O–H groups in total. The molecule has 2 rings (SSSR count). The first kappa shape index (κ1) is 8.15. The molecule has 0 radical (unpaired) electrons. The highest BCUT2D eigenvalue weighted by Crippen LogP contribution is 2.28. The summed E-state index contributed by atoms with van der Waals surface area (Å²) in [4.78, 5) is 0. The Morgan fingerprint density at radius 1 is 1.38 bits per heavy atom. The van der Waals surface area contributed by atoms with Crippen molar-refractivity contribution in [1.29, 1.82) is 5.26 Å². The number of fused-ring (bicyclic) bond motifs is 1. The molecule has 0 saturated carbocycles. The maximum Gasteiger partial charge on any atom is 0.120 e. The smallest absolute Gasteiger partial charge is 0.120 e. The van der Waals surface area contributed by atoms with Gasteiger partial charge in [0.05, 0.1) is 11.6 Å². The van der Waals surface area contributed by atoms with Crippen molar-refractivity contribution in [3.63, 3.8) is 0 Å². The van der Waals surface area contributed by atoms with Crippen LogP contribution in [-0.4, -0.2) is 0 Å². The number of hydrogen-bond donors (Lipinski definition) is 1. The Labute approximate surface area is 81.4 Å². The summed E-state index contributed by atoms with van der Waals surface area (Å²) >= 11 is 5.86.